The third-order valence-electron chi connectivity index (χ3n) is 1.97. The lowest BCUT2D eigenvalue weighted by atomic mass is 9.97. The zero-order valence-electron chi connectivity index (χ0n) is 9.40. The maximum absolute atomic E-state index is 11.0. The Balaban J connectivity index is 5.02. The first-order valence-corrected chi connectivity index (χ1v) is 4.63. The van der Waals surface area contributed by atoms with Gasteiger partial charge in [-0.3, -0.25) is 4.90 Å². The number of nitrogens with zero attached hydrogens (tertiary/aromatic N) is 2. The van der Waals surface area contributed by atoms with Crippen molar-refractivity contribution in [1.29, 1.82) is 5.26 Å². The lowest BCUT2D eigenvalue weighted by Crippen LogP contribution is -2.52. The molecule has 0 saturated carbocycles. The summed E-state index contributed by atoms with van der Waals surface area (Å²) in [5, 5.41) is 18.0. The van der Waals surface area contributed by atoms with Gasteiger partial charge in [0.2, 0.25) is 0 Å². The van der Waals surface area contributed by atoms with Gasteiger partial charge in [0, 0.05) is 5.54 Å². The largest absolute Gasteiger partial charge is 0.465 e. The van der Waals surface area contributed by atoms with E-state index in [0.717, 1.165) is 0 Å². The molecule has 0 aliphatic rings. The summed E-state index contributed by atoms with van der Waals surface area (Å²) in [6.45, 7) is 9.04. The molecule has 0 saturated heterocycles. The molecule has 0 aliphatic heterocycles. The SMILES string of the molecule is CC(C)[C@@H](C#N)N(C(=O)O)C(C)(C)C. The number of rotatable bonds is 2. The summed E-state index contributed by atoms with van der Waals surface area (Å²) in [6, 6.07) is 1.44. The van der Waals surface area contributed by atoms with E-state index in [9.17, 15) is 4.79 Å². The van der Waals surface area contributed by atoms with E-state index >= 15 is 0 Å². The topological polar surface area (TPSA) is 64.3 Å². The van der Waals surface area contributed by atoms with Crippen LogP contribution in [0.2, 0.25) is 0 Å². The minimum absolute atomic E-state index is 0.00433. The molecule has 0 spiro atoms. The summed E-state index contributed by atoms with van der Waals surface area (Å²) in [4.78, 5) is 12.2. The van der Waals surface area contributed by atoms with Crippen LogP contribution in [0.1, 0.15) is 34.6 Å². The first kappa shape index (κ1) is 12.8. The highest BCUT2D eigenvalue weighted by molar-refractivity contribution is 5.67. The summed E-state index contributed by atoms with van der Waals surface area (Å²) < 4.78 is 0. The van der Waals surface area contributed by atoms with E-state index in [1.165, 1.54) is 4.90 Å². The van der Waals surface area contributed by atoms with Crippen LogP contribution in [0.3, 0.4) is 0 Å². The average Bonchev–Trinajstić information content (AvgIpc) is 1.95. The first-order chi connectivity index (χ1) is 6.21. The highest BCUT2D eigenvalue weighted by Crippen LogP contribution is 2.21. The number of hydrogen-bond donors (Lipinski definition) is 1. The third kappa shape index (κ3) is 2.91. The molecule has 0 bridgehead atoms. The molecule has 0 rings (SSSR count). The van der Waals surface area contributed by atoms with Crippen molar-refractivity contribution in [2.45, 2.75) is 46.2 Å². The van der Waals surface area contributed by atoms with Gasteiger partial charge in [-0.1, -0.05) is 13.8 Å². The Morgan fingerprint density at radius 1 is 1.43 bits per heavy atom. The molecule has 0 heterocycles. The number of amides is 1. The summed E-state index contributed by atoms with van der Waals surface area (Å²) in [5.41, 5.74) is -0.545. The van der Waals surface area contributed by atoms with Gasteiger partial charge in [0.25, 0.3) is 0 Å². The summed E-state index contributed by atoms with van der Waals surface area (Å²) in [6.07, 6.45) is -1.04. The highest BCUT2D eigenvalue weighted by atomic mass is 16.4. The Labute approximate surface area is 85.1 Å². The van der Waals surface area contributed by atoms with Crippen molar-refractivity contribution in [3.8, 4) is 6.07 Å². The van der Waals surface area contributed by atoms with Crippen LogP contribution in [0.4, 0.5) is 4.79 Å². The lowest BCUT2D eigenvalue weighted by molar-refractivity contribution is 0.0725. The van der Waals surface area contributed by atoms with E-state index in [0.29, 0.717) is 0 Å². The fourth-order valence-corrected chi connectivity index (χ4v) is 1.33. The molecule has 0 radical (unpaired) electrons. The zero-order chi connectivity index (χ0) is 11.5. The second-order valence-corrected chi connectivity index (χ2v) is 4.64. The van der Waals surface area contributed by atoms with Crippen LogP contribution in [0.5, 0.6) is 0 Å². The summed E-state index contributed by atoms with van der Waals surface area (Å²) >= 11 is 0. The molecule has 0 aromatic carbocycles. The Bertz CT molecular complexity index is 248. The molecule has 80 valence electrons. The van der Waals surface area contributed by atoms with Crippen LogP contribution in [0.25, 0.3) is 0 Å². The van der Waals surface area contributed by atoms with E-state index in [1.807, 2.05) is 19.9 Å². The van der Waals surface area contributed by atoms with Crippen LogP contribution in [-0.2, 0) is 0 Å². The second kappa shape index (κ2) is 4.32. The van der Waals surface area contributed by atoms with Crippen LogP contribution < -0.4 is 0 Å². The monoisotopic (exact) mass is 198 g/mol. The van der Waals surface area contributed by atoms with Crippen LogP contribution in [0.15, 0.2) is 0 Å². The number of hydrogen-bond acceptors (Lipinski definition) is 2. The van der Waals surface area contributed by atoms with Gasteiger partial charge >= 0.3 is 6.09 Å². The van der Waals surface area contributed by atoms with Gasteiger partial charge < -0.3 is 5.11 Å². The predicted molar refractivity (Wildman–Crippen MR) is 53.9 cm³/mol. The van der Waals surface area contributed by atoms with Crippen LogP contribution >= 0.6 is 0 Å². The number of nitriles is 1. The first-order valence-electron chi connectivity index (χ1n) is 4.63. The maximum Gasteiger partial charge on any atom is 0.408 e. The molecule has 0 unspecified atom stereocenters. The number of carbonyl (C=O) groups is 1. The molecule has 0 fully saturated rings. The molecule has 0 aliphatic carbocycles. The van der Waals surface area contributed by atoms with Crippen LogP contribution in [-0.4, -0.2) is 27.7 Å². The maximum atomic E-state index is 11.0. The van der Waals surface area contributed by atoms with Gasteiger partial charge in [-0.25, -0.2) is 4.79 Å². The van der Waals surface area contributed by atoms with E-state index in [4.69, 9.17) is 10.4 Å². The van der Waals surface area contributed by atoms with E-state index < -0.39 is 17.7 Å². The highest BCUT2D eigenvalue weighted by Gasteiger charge is 2.34. The van der Waals surface area contributed by atoms with Gasteiger partial charge in [-0.05, 0) is 26.7 Å². The van der Waals surface area contributed by atoms with Gasteiger partial charge in [-0.15, -0.1) is 0 Å². The minimum Gasteiger partial charge on any atom is -0.465 e. The summed E-state index contributed by atoms with van der Waals surface area (Å²) in [7, 11) is 0. The normalized spacial score (nSPS) is 13.5. The van der Waals surface area contributed by atoms with Gasteiger partial charge in [0.05, 0.1) is 6.07 Å². The Morgan fingerprint density at radius 2 is 1.86 bits per heavy atom. The van der Waals surface area contributed by atoms with Crippen molar-refractivity contribution in [2.24, 2.45) is 5.92 Å². The molecule has 14 heavy (non-hydrogen) atoms. The molecule has 4 nitrogen and oxygen atoms in total. The molecule has 1 atom stereocenters. The molecule has 0 aromatic heterocycles. The standard InChI is InChI=1S/C10H18N2O2/c1-7(2)8(6-11)12(9(13)14)10(3,4)5/h7-8H,1-5H3,(H,13,14)/t8-/m1/s1. The smallest absolute Gasteiger partial charge is 0.408 e. The van der Waals surface area contributed by atoms with E-state index in [2.05, 4.69) is 0 Å². The molecule has 1 amide bonds. The van der Waals surface area contributed by atoms with Crippen molar-refractivity contribution in [1.82, 2.24) is 4.90 Å². The van der Waals surface area contributed by atoms with Crippen molar-refractivity contribution >= 4 is 6.09 Å². The van der Waals surface area contributed by atoms with E-state index in [-0.39, 0.29) is 5.92 Å². The third-order valence-corrected chi connectivity index (χ3v) is 1.97. The molecular weight excluding hydrogens is 180 g/mol. The lowest BCUT2D eigenvalue weighted by Gasteiger charge is -2.38. The quantitative estimate of drug-likeness (QED) is 0.740. The van der Waals surface area contributed by atoms with Gasteiger partial charge in [-0.2, -0.15) is 5.26 Å². The van der Waals surface area contributed by atoms with Crippen LogP contribution in [0, 0.1) is 17.2 Å². The second-order valence-electron chi connectivity index (χ2n) is 4.64. The average molecular weight is 198 g/mol. The van der Waals surface area contributed by atoms with Crippen molar-refractivity contribution in [2.75, 3.05) is 0 Å². The molecule has 0 aromatic rings. The number of carboxylic acid groups (broad SMARTS) is 1. The molecule has 4 heteroatoms. The molecular formula is C10H18N2O2. The zero-order valence-corrected chi connectivity index (χ0v) is 9.40. The minimum atomic E-state index is -1.04. The van der Waals surface area contributed by atoms with Gasteiger partial charge in [0.15, 0.2) is 0 Å². The summed E-state index contributed by atoms with van der Waals surface area (Å²) in [5.74, 6) is -0.00433. The Morgan fingerprint density at radius 3 is 1.93 bits per heavy atom. The van der Waals surface area contributed by atoms with Crippen molar-refractivity contribution in [3.63, 3.8) is 0 Å². The fourth-order valence-electron chi connectivity index (χ4n) is 1.33. The fraction of sp³-hybridized carbons (Fsp3) is 0.800. The Hall–Kier alpha value is -1.24. The predicted octanol–water partition coefficient (Wildman–Crippen LogP) is 2.31. The molecule has 1 N–H and O–H groups in total. The van der Waals surface area contributed by atoms with Gasteiger partial charge in [0.1, 0.15) is 6.04 Å². The van der Waals surface area contributed by atoms with Crippen molar-refractivity contribution < 1.29 is 9.90 Å². The Kier molecular flexibility index (Phi) is 3.93. The van der Waals surface area contributed by atoms with E-state index in [1.54, 1.807) is 20.8 Å². The van der Waals surface area contributed by atoms with Crippen molar-refractivity contribution in [3.05, 3.63) is 0 Å².